The van der Waals surface area contributed by atoms with Crippen LogP contribution in [0.4, 0.5) is 5.00 Å². The van der Waals surface area contributed by atoms with Crippen molar-refractivity contribution >= 4 is 28.2 Å². The second-order valence-corrected chi connectivity index (χ2v) is 6.69. The van der Waals surface area contributed by atoms with Crippen LogP contribution in [0.25, 0.3) is 0 Å². The van der Waals surface area contributed by atoms with Gasteiger partial charge in [-0.25, -0.2) is 4.79 Å². The van der Waals surface area contributed by atoms with Gasteiger partial charge in [0, 0.05) is 11.3 Å². The summed E-state index contributed by atoms with van der Waals surface area (Å²) in [5, 5.41) is 12.4. The number of carbonyl (C=O) groups is 2. The van der Waals surface area contributed by atoms with Crippen LogP contribution < -0.4 is 14.8 Å². The van der Waals surface area contributed by atoms with Crippen molar-refractivity contribution in [2.24, 2.45) is 0 Å². The molecule has 7 heteroatoms. The first kappa shape index (κ1) is 18.8. The number of aromatic carboxylic acids is 1. The fourth-order valence-electron chi connectivity index (χ4n) is 2.26. The van der Waals surface area contributed by atoms with Crippen molar-refractivity contribution < 1.29 is 24.2 Å². The van der Waals surface area contributed by atoms with Gasteiger partial charge in [0.2, 0.25) is 5.91 Å². The van der Waals surface area contributed by atoms with Gasteiger partial charge in [0.25, 0.3) is 0 Å². The van der Waals surface area contributed by atoms with Crippen LogP contribution in [0, 0.1) is 13.8 Å². The Kier molecular flexibility index (Phi) is 6.41. The monoisotopic (exact) mass is 363 g/mol. The molecule has 0 unspecified atom stereocenters. The van der Waals surface area contributed by atoms with Gasteiger partial charge in [-0.1, -0.05) is 0 Å². The van der Waals surface area contributed by atoms with Crippen molar-refractivity contribution in [3.05, 3.63) is 40.3 Å². The zero-order valence-electron chi connectivity index (χ0n) is 14.4. The van der Waals surface area contributed by atoms with Crippen molar-refractivity contribution in [3.63, 3.8) is 0 Å². The van der Waals surface area contributed by atoms with Crippen LogP contribution in [-0.4, -0.2) is 30.7 Å². The minimum atomic E-state index is -1.03. The highest BCUT2D eigenvalue weighted by Gasteiger charge is 2.20. The third-order valence-corrected chi connectivity index (χ3v) is 4.85. The molecule has 0 fully saturated rings. The molecule has 0 saturated carbocycles. The number of anilines is 1. The summed E-state index contributed by atoms with van der Waals surface area (Å²) in [6, 6.07) is 7.21. The zero-order chi connectivity index (χ0) is 18.4. The minimum absolute atomic E-state index is 0.172. The van der Waals surface area contributed by atoms with E-state index in [2.05, 4.69) is 5.32 Å². The maximum atomic E-state index is 12.0. The number of methoxy groups -OCH3 is 1. The normalized spacial score (nSPS) is 10.4. The van der Waals surface area contributed by atoms with Gasteiger partial charge >= 0.3 is 5.97 Å². The SMILES string of the molecule is COc1ccc(OCCCC(=O)Nc2sc(C)c(C)c2C(=O)O)cc1. The number of carbonyl (C=O) groups excluding carboxylic acids is 1. The molecular formula is C18H21NO5S. The van der Waals surface area contributed by atoms with E-state index < -0.39 is 5.97 Å². The van der Waals surface area contributed by atoms with Crippen LogP contribution in [0.15, 0.2) is 24.3 Å². The molecule has 0 radical (unpaired) electrons. The minimum Gasteiger partial charge on any atom is -0.497 e. The predicted molar refractivity (Wildman–Crippen MR) is 97.1 cm³/mol. The molecule has 0 aliphatic rings. The van der Waals surface area contributed by atoms with E-state index in [-0.39, 0.29) is 17.9 Å². The molecule has 2 aromatic rings. The Labute approximate surface area is 150 Å². The van der Waals surface area contributed by atoms with Crippen molar-refractivity contribution in [1.29, 1.82) is 0 Å². The summed E-state index contributed by atoms with van der Waals surface area (Å²) >= 11 is 1.28. The molecular weight excluding hydrogens is 342 g/mol. The van der Waals surface area contributed by atoms with Gasteiger partial charge in [-0.05, 0) is 50.1 Å². The van der Waals surface area contributed by atoms with E-state index in [9.17, 15) is 14.7 Å². The molecule has 0 saturated heterocycles. The lowest BCUT2D eigenvalue weighted by molar-refractivity contribution is -0.116. The number of benzene rings is 1. The predicted octanol–water partition coefficient (Wildman–Crippen LogP) is 3.87. The number of carboxylic acids is 1. The Balaban J connectivity index is 1.81. The maximum absolute atomic E-state index is 12.0. The van der Waals surface area contributed by atoms with Crippen molar-refractivity contribution in [3.8, 4) is 11.5 Å². The lowest BCUT2D eigenvalue weighted by atomic mass is 10.1. The fraction of sp³-hybridized carbons (Fsp3) is 0.333. The first-order valence-electron chi connectivity index (χ1n) is 7.82. The molecule has 1 aromatic carbocycles. The van der Waals surface area contributed by atoms with E-state index >= 15 is 0 Å². The molecule has 134 valence electrons. The number of nitrogens with one attached hydrogen (secondary N) is 1. The summed E-state index contributed by atoms with van der Waals surface area (Å²) in [7, 11) is 1.60. The quantitative estimate of drug-likeness (QED) is 0.696. The largest absolute Gasteiger partial charge is 0.497 e. The van der Waals surface area contributed by atoms with Crippen LogP contribution in [0.3, 0.4) is 0 Å². The van der Waals surface area contributed by atoms with Gasteiger partial charge in [-0.3, -0.25) is 4.79 Å². The number of thiophene rings is 1. The van der Waals surface area contributed by atoms with Gasteiger partial charge in [-0.15, -0.1) is 11.3 Å². The average Bonchev–Trinajstić information content (AvgIpc) is 2.86. The van der Waals surface area contributed by atoms with Gasteiger partial charge in [0.05, 0.1) is 19.3 Å². The molecule has 2 N–H and O–H groups in total. The Morgan fingerprint density at radius 1 is 1.16 bits per heavy atom. The van der Waals surface area contributed by atoms with Crippen LogP contribution >= 0.6 is 11.3 Å². The summed E-state index contributed by atoms with van der Waals surface area (Å²) in [4.78, 5) is 24.2. The van der Waals surface area contributed by atoms with Gasteiger partial charge < -0.3 is 19.9 Å². The lowest BCUT2D eigenvalue weighted by Crippen LogP contribution is -2.14. The molecule has 0 atom stereocenters. The summed E-state index contributed by atoms with van der Waals surface area (Å²) in [6.07, 6.45) is 0.787. The summed E-state index contributed by atoms with van der Waals surface area (Å²) in [5.41, 5.74) is 0.862. The fourth-order valence-corrected chi connectivity index (χ4v) is 3.33. The topological polar surface area (TPSA) is 84.9 Å². The van der Waals surface area contributed by atoms with E-state index in [1.807, 2.05) is 6.92 Å². The highest BCUT2D eigenvalue weighted by molar-refractivity contribution is 7.16. The molecule has 1 heterocycles. The molecule has 25 heavy (non-hydrogen) atoms. The van der Waals surface area contributed by atoms with Crippen LogP contribution in [0.1, 0.15) is 33.6 Å². The van der Waals surface area contributed by atoms with Crippen molar-refractivity contribution in [2.75, 3.05) is 19.0 Å². The molecule has 0 aliphatic carbocycles. The molecule has 0 aliphatic heterocycles. The number of amides is 1. The third kappa shape index (κ3) is 4.96. The second kappa shape index (κ2) is 8.53. The van der Waals surface area contributed by atoms with E-state index in [0.29, 0.717) is 29.3 Å². The number of carboxylic acid groups (broad SMARTS) is 1. The average molecular weight is 363 g/mol. The van der Waals surface area contributed by atoms with E-state index in [1.54, 1.807) is 38.3 Å². The summed E-state index contributed by atoms with van der Waals surface area (Å²) < 4.78 is 10.6. The second-order valence-electron chi connectivity index (χ2n) is 5.47. The molecule has 1 amide bonds. The standard InChI is InChI=1S/C18H21NO5S/c1-11-12(2)25-17(16(11)18(21)22)19-15(20)5-4-10-24-14-8-6-13(23-3)7-9-14/h6-9H,4-5,10H2,1-3H3,(H,19,20)(H,21,22). The van der Waals surface area contributed by atoms with Crippen LogP contribution in [0.2, 0.25) is 0 Å². The number of rotatable bonds is 8. The Hall–Kier alpha value is -2.54. The highest BCUT2D eigenvalue weighted by Crippen LogP contribution is 2.32. The summed E-state index contributed by atoms with van der Waals surface area (Å²) in [5.74, 6) is 0.212. The Morgan fingerprint density at radius 2 is 1.80 bits per heavy atom. The Bertz CT molecular complexity index is 752. The van der Waals surface area contributed by atoms with E-state index in [0.717, 1.165) is 10.6 Å². The van der Waals surface area contributed by atoms with E-state index in [4.69, 9.17) is 9.47 Å². The van der Waals surface area contributed by atoms with Gasteiger partial charge in [0.1, 0.15) is 16.5 Å². The zero-order valence-corrected chi connectivity index (χ0v) is 15.2. The van der Waals surface area contributed by atoms with Crippen molar-refractivity contribution in [1.82, 2.24) is 0 Å². The smallest absolute Gasteiger partial charge is 0.338 e. The third-order valence-electron chi connectivity index (χ3n) is 3.73. The molecule has 0 spiro atoms. The molecule has 2 rings (SSSR count). The number of hydrogen-bond donors (Lipinski definition) is 2. The van der Waals surface area contributed by atoms with Gasteiger partial charge in [0.15, 0.2) is 0 Å². The molecule has 6 nitrogen and oxygen atoms in total. The summed E-state index contributed by atoms with van der Waals surface area (Å²) in [6.45, 7) is 3.98. The lowest BCUT2D eigenvalue weighted by Gasteiger charge is -2.07. The van der Waals surface area contributed by atoms with Crippen molar-refractivity contribution in [2.45, 2.75) is 26.7 Å². The number of hydrogen-bond acceptors (Lipinski definition) is 5. The number of ether oxygens (including phenoxy) is 2. The van der Waals surface area contributed by atoms with Crippen LogP contribution in [-0.2, 0) is 4.79 Å². The molecule has 0 bridgehead atoms. The van der Waals surface area contributed by atoms with E-state index in [1.165, 1.54) is 11.3 Å². The maximum Gasteiger partial charge on any atom is 0.338 e. The van der Waals surface area contributed by atoms with Gasteiger partial charge in [-0.2, -0.15) is 0 Å². The number of aryl methyl sites for hydroxylation is 1. The first-order chi connectivity index (χ1) is 11.9. The first-order valence-corrected chi connectivity index (χ1v) is 8.64. The highest BCUT2D eigenvalue weighted by atomic mass is 32.1. The Morgan fingerprint density at radius 3 is 2.40 bits per heavy atom. The molecule has 1 aromatic heterocycles. The van der Waals surface area contributed by atoms with Crippen LogP contribution in [0.5, 0.6) is 11.5 Å².